The van der Waals surface area contributed by atoms with E-state index in [0.717, 1.165) is 32.5 Å². The number of nitrogens with one attached hydrogen (secondary N) is 1. The van der Waals surface area contributed by atoms with Crippen LogP contribution >= 0.6 is 0 Å². The molecule has 1 aliphatic rings. The van der Waals surface area contributed by atoms with Crippen LogP contribution in [0.25, 0.3) is 0 Å². The molecule has 20 heavy (non-hydrogen) atoms. The average molecular weight is 279 g/mol. The topological polar surface area (TPSA) is 39.1 Å². The molecule has 1 saturated heterocycles. The van der Waals surface area contributed by atoms with Gasteiger partial charge in [0.05, 0.1) is 12.3 Å². The molecule has 2 unspecified atom stereocenters. The Morgan fingerprint density at radius 2 is 2.25 bits per heavy atom. The second-order valence-electron chi connectivity index (χ2n) is 7.11. The minimum atomic E-state index is 0.142. The first kappa shape index (κ1) is 15.5. The standard InChI is InChI=1S/C16H29N3O/c1-6-19-11-14(10-18-19)9-16(7-8-20-13(16)2)12-17-15(3,4)5/h10-11,13,17H,6-9,12H2,1-5H3. The quantitative estimate of drug-likeness (QED) is 0.900. The van der Waals surface area contributed by atoms with Crippen LogP contribution in [0.1, 0.15) is 46.6 Å². The summed E-state index contributed by atoms with van der Waals surface area (Å²) in [4.78, 5) is 0. The summed E-state index contributed by atoms with van der Waals surface area (Å²) in [5, 5.41) is 8.07. The molecule has 0 bridgehead atoms. The smallest absolute Gasteiger partial charge is 0.0619 e. The van der Waals surface area contributed by atoms with Crippen LogP contribution in [-0.4, -0.2) is 34.6 Å². The Bertz CT molecular complexity index is 435. The third kappa shape index (κ3) is 3.61. The Balaban J connectivity index is 2.11. The maximum atomic E-state index is 5.87. The largest absolute Gasteiger partial charge is 0.378 e. The first-order valence-corrected chi connectivity index (χ1v) is 7.73. The molecule has 4 nitrogen and oxygen atoms in total. The fourth-order valence-electron chi connectivity index (χ4n) is 2.86. The molecular formula is C16H29N3O. The van der Waals surface area contributed by atoms with Crippen LogP contribution in [0.5, 0.6) is 0 Å². The Morgan fingerprint density at radius 1 is 1.50 bits per heavy atom. The fraction of sp³-hybridized carbons (Fsp3) is 0.812. The van der Waals surface area contributed by atoms with Gasteiger partial charge in [0, 0.05) is 36.8 Å². The van der Waals surface area contributed by atoms with E-state index < -0.39 is 0 Å². The second-order valence-corrected chi connectivity index (χ2v) is 7.11. The van der Waals surface area contributed by atoms with Gasteiger partial charge >= 0.3 is 0 Å². The lowest BCUT2D eigenvalue weighted by atomic mass is 9.76. The molecule has 0 spiro atoms. The van der Waals surface area contributed by atoms with E-state index in [1.165, 1.54) is 5.56 Å². The predicted octanol–water partition coefficient (Wildman–Crippen LogP) is 2.63. The Labute approximate surface area is 122 Å². The summed E-state index contributed by atoms with van der Waals surface area (Å²) < 4.78 is 7.87. The van der Waals surface area contributed by atoms with E-state index in [2.05, 4.69) is 51.2 Å². The van der Waals surface area contributed by atoms with Crippen LogP contribution in [-0.2, 0) is 17.7 Å². The molecule has 1 aliphatic heterocycles. The second kappa shape index (κ2) is 5.86. The number of hydrogen-bond acceptors (Lipinski definition) is 3. The summed E-state index contributed by atoms with van der Waals surface area (Å²) >= 11 is 0. The van der Waals surface area contributed by atoms with Crippen LogP contribution < -0.4 is 5.32 Å². The summed E-state index contributed by atoms with van der Waals surface area (Å²) in [5.74, 6) is 0. The van der Waals surface area contributed by atoms with Gasteiger partial charge in [-0.3, -0.25) is 4.68 Å². The highest BCUT2D eigenvalue weighted by molar-refractivity contribution is 5.11. The van der Waals surface area contributed by atoms with Crippen LogP contribution in [0.4, 0.5) is 0 Å². The zero-order valence-corrected chi connectivity index (χ0v) is 13.6. The van der Waals surface area contributed by atoms with Crippen LogP contribution in [0.2, 0.25) is 0 Å². The van der Waals surface area contributed by atoms with Crippen LogP contribution in [0.3, 0.4) is 0 Å². The van der Waals surface area contributed by atoms with Crippen molar-refractivity contribution in [3.05, 3.63) is 18.0 Å². The molecular weight excluding hydrogens is 250 g/mol. The van der Waals surface area contributed by atoms with Crippen molar-refractivity contribution < 1.29 is 4.74 Å². The lowest BCUT2D eigenvalue weighted by molar-refractivity contribution is 0.0597. The van der Waals surface area contributed by atoms with E-state index in [4.69, 9.17) is 4.74 Å². The fourth-order valence-corrected chi connectivity index (χ4v) is 2.86. The minimum absolute atomic E-state index is 0.142. The number of nitrogens with zero attached hydrogens (tertiary/aromatic N) is 2. The summed E-state index contributed by atoms with van der Waals surface area (Å²) in [6, 6.07) is 0. The third-order valence-corrected chi connectivity index (χ3v) is 4.37. The van der Waals surface area contributed by atoms with Gasteiger partial charge in [-0.15, -0.1) is 0 Å². The van der Waals surface area contributed by atoms with E-state index in [1.807, 2.05) is 10.9 Å². The Morgan fingerprint density at radius 3 is 2.75 bits per heavy atom. The lowest BCUT2D eigenvalue weighted by Crippen LogP contribution is -2.47. The third-order valence-electron chi connectivity index (χ3n) is 4.37. The molecule has 4 heteroatoms. The van der Waals surface area contributed by atoms with Crippen molar-refractivity contribution in [3.63, 3.8) is 0 Å². The number of rotatable bonds is 5. The normalized spacial score (nSPS) is 27.1. The molecule has 0 amide bonds. The highest BCUT2D eigenvalue weighted by Crippen LogP contribution is 2.38. The zero-order chi connectivity index (χ0) is 14.8. The lowest BCUT2D eigenvalue weighted by Gasteiger charge is -2.35. The molecule has 0 saturated carbocycles. The summed E-state index contributed by atoms with van der Waals surface area (Å²) in [5.41, 5.74) is 1.65. The number of aromatic nitrogens is 2. The number of aryl methyl sites for hydroxylation is 1. The maximum Gasteiger partial charge on any atom is 0.0619 e. The first-order chi connectivity index (χ1) is 9.35. The van der Waals surface area contributed by atoms with Crippen molar-refractivity contribution in [2.24, 2.45) is 5.41 Å². The molecule has 2 atom stereocenters. The van der Waals surface area contributed by atoms with E-state index in [9.17, 15) is 0 Å². The predicted molar refractivity (Wildman–Crippen MR) is 81.8 cm³/mol. The highest BCUT2D eigenvalue weighted by Gasteiger charge is 2.42. The first-order valence-electron chi connectivity index (χ1n) is 7.73. The van der Waals surface area contributed by atoms with E-state index in [1.54, 1.807) is 0 Å². The van der Waals surface area contributed by atoms with Gasteiger partial charge < -0.3 is 10.1 Å². The van der Waals surface area contributed by atoms with Gasteiger partial charge in [-0.1, -0.05) is 0 Å². The van der Waals surface area contributed by atoms with Crippen molar-refractivity contribution in [2.45, 2.75) is 65.6 Å². The average Bonchev–Trinajstić information content (AvgIpc) is 2.95. The molecule has 1 N–H and O–H groups in total. The van der Waals surface area contributed by atoms with Gasteiger partial charge in [0.15, 0.2) is 0 Å². The molecule has 1 aromatic rings. The molecule has 114 valence electrons. The molecule has 0 radical (unpaired) electrons. The highest BCUT2D eigenvalue weighted by atomic mass is 16.5. The van der Waals surface area contributed by atoms with Crippen molar-refractivity contribution in [3.8, 4) is 0 Å². The van der Waals surface area contributed by atoms with Gasteiger partial charge in [0.25, 0.3) is 0 Å². The van der Waals surface area contributed by atoms with Crippen molar-refractivity contribution >= 4 is 0 Å². The monoisotopic (exact) mass is 279 g/mol. The summed E-state index contributed by atoms with van der Waals surface area (Å²) in [6.07, 6.45) is 6.63. The molecule has 2 rings (SSSR count). The van der Waals surface area contributed by atoms with Crippen LogP contribution in [0.15, 0.2) is 12.4 Å². The van der Waals surface area contributed by atoms with Crippen LogP contribution in [0, 0.1) is 5.41 Å². The van der Waals surface area contributed by atoms with Crippen molar-refractivity contribution in [1.29, 1.82) is 0 Å². The molecule has 0 aliphatic carbocycles. The van der Waals surface area contributed by atoms with E-state index in [0.29, 0.717) is 6.10 Å². The van der Waals surface area contributed by atoms with Gasteiger partial charge in [-0.05, 0) is 53.0 Å². The minimum Gasteiger partial charge on any atom is -0.378 e. The van der Waals surface area contributed by atoms with E-state index >= 15 is 0 Å². The molecule has 1 aromatic heterocycles. The number of ether oxygens (including phenoxy) is 1. The Hall–Kier alpha value is -0.870. The van der Waals surface area contributed by atoms with Gasteiger partial charge in [-0.25, -0.2) is 0 Å². The zero-order valence-electron chi connectivity index (χ0n) is 13.6. The Kier molecular flexibility index (Phi) is 4.55. The van der Waals surface area contributed by atoms with Gasteiger partial charge in [-0.2, -0.15) is 5.10 Å². The summed E-state index contributed by atoms with van der Waals surface area (Å²) in [6.45, 7) is 13.8. The molecule has 0 aromatic carbocycles. The molecule has 2 heterocycles. The number of hydrogen-bond donors (Lipinski definition) is 1. The van der Waals surface area contributed by atoms with Gasteiger partial charge in [0.1, 0.15) is 0 Å². The SMILES string of the molecule is CCn1cc(CC2(CNC(C)(C)C)CCOC2C)cn1. The van der Waals surface area contributed by atoms with Gasteiger partial charge in [0.2, 0.25) is 0 Å². The molecule has 1 fully saturated rings. The van der Waals surface area contributed by atoms with E-state index in [-0.39, 0.29) is 11.0 Å². The van der Waals surface area contributed by atoms with Crippen molar-refractivity contribution in [2.75, 3.05) is 13.2 Å². The summed E-state index contributed by atoms with van der Waals surface area (Å²) in [7, 11) is 0. The maximum absolute atomic E-state index is 5.87. The van der Waals surface area contributed by atoms with Crippen molar-refractivity contribution in [1.82, 2.24) is 15.1 Å².